The number of unbranched alkanes of at least 4 members (excludes halogenated alkanes) is 27. The number of allylic oxidation sites excluding steroid dienone is 12. The second-order valence-electron chi connectivity index (χ2n) is 18.1. The van der Waals surface area contributed by atoms with Gasteiger partial charge in [0.25, 0.3) is 0 Å². The largest absolute Gasteiger partial charge is 0.462 e. The average Bonchev–Trinajstić information content (AvgIpc) is 3.30. The van der Waals surface area contributed by atoms with E-state index in [-0.39, 0.29) is 25.2 Å². The molecule has 0 aromatic rings. The van der Waals surface area contributed by atoms with Gasteiger partial charge in [0.2, 0.25) is 0 Å². The fraction of sp³-hybridized carbons (Fsp3) is 0.763. The summed E-state index contributed by atoms with van der Waals surface area (Å²) in [5.74, 6) is -0.446. The van der Waals surface area contributed by atoms with Crippen molar-refractivity contribution in [2.45, 2.75) is 271 Å². The van der Waals surface area contributed by atoms with E-state index in [1.165, 1.54) is 148 Å². The summed E-state index contributed by atoms with van der Waals surface area (Å²) in [6.07, 6.45) is 70.6. The fourth-order valence-corrected chi connectivity index (χ4v) is 7.65. The molecule has 0 aliphatic carbocycles. The van der Waals surface area contributed by atoms with Crippen molar-refractivity contribution < 1.29 is 23.8 Å². The highest BCUT2D eigenvalue weighted by atomic mass is 16.6. The molecule has 0 heterocycles. The van der Waals surface area contributed by atoms with E-state index in [0.29, 0.717) is 19.4 Å². The summed E-state index contributed by atoms with van der Waals surface area (Å²) in [4.78, 5) is 25.4. The van der Waals surface area contributed by atoms with Crippen molar-refractivity contribution in [3.05, 3.63) is 72.9 Å². The molecule has 0 aliphatic rings. The Kier molecular flexibility index (Phi) is 52.4. The second kappa shape index (κ2) is 54.7. The summed E-state index contributed by atoms with van der Waals surface area (Å²) in [5.41, 5.74) is 0. The van der Waals surface area contributed by atoms with Gasteiger partial charge in [0.05, 0.1) is 6.61 Å². The van der Waals surface area contributed by atoms with Gasteiger partial charge in [-0.15, -0.1) is 0 Å². The van der Waals surface area contributed by atoms with Gasteiger partial charge < -0.3 is 14.2 Å². The van der Waals surface area contributed by atoms with Crippen LogP contribution in [0, 0.1) is 0 Å². The van der Waals surface area contributed by atoms with Gasteiger partial charge in [0, 0.05) is 19.4 Å². The van der Waals surface area contributed by atoms with Crippen LogP contribution in [-0.4, -0.2) is 37.9 Å². The Hall–Kier alpha value is -2.66. The third-order valence-electron chi connectivity index (χ3n) is 11.7. The lowest BCUT2D eigenvalue weighted by atomic mass is 10.0. The average molecular weight is 893 g/mol. The van der Waals surface area contributed by atoms with E-state index in [1.807, 2.05) is 0 Å². The van der Waals surface area contributed by atoms with E-state index in [2.05, 4.69) is 93.7 Å². The van der Waals surface area contributed by atoms with Crippen molar-refractivity contribution in [1.29, 1.82) is 0 Å². The van der Waals surface area contributed by atoms with Crippen molar-refractivity contribution >= 4 is 11.9 Å². The maximum atomic E-state index is 12.8. The molecule has 64 heavy (non-hydrogen) atoms. The van der Waals surface area contributed by atoms with Gasteiger partial charge in [-0.05, 0) is 89.9 Å². The molecule has 0 spiro atoms. The molecule has 0 N–H and O–H groups in total. The summed E-state index contributed by atoms with van der Waals surface area (Å²) in [5, 5.41) is 0. The predicted octanol–water partition coefficient (Wildman–Crippen LogP) is 18.7. The summed E-state index contributed by atoms with van der Waals surface area (Å²) in [6, 6.07) is 0. The van der Waals surface area contributed by atoms with E-state index < -0.39 is 6.10 Å². The molecule has 0 rings (SSSR count). The molecule has 0 radical (unpaired) electrons. The smallest absolute Gasteiger partial charge is 0.306 e. The molecule has 0 fully saturated rings. The Labute approximate surface area is 397 Å². The normalized spacial score (nSPS) is 12.7. The van der Waals surface area contributed by atoms with Gasteiger partial charge in [0.1, 0.15) is 6.61 Å². The van der Waals surface area contributed by atoms with Crippen LogP contribution >= 0.6 is 0 Å². The topological polar surface area (TPSA) is 61.8 Å². The van der Waals surface area contributed by atoms with Crippen LogP contribution in [-0.2, 0) is 23.8 Å². The van der Waals surface area contributed by atoms with Gasteiger partial charge in [-0.2, -0.15) is 0 Å². The molecule has 0 amide bonds. The molecule has 0 bridgehead atoms. The summed E-state index contributed by atoms with van der Waals surface area (Å²) in [7, 11) is 0. The lowest BCUT2D eigenvalue weighted by molar-refractivity contribution is -0.163. The van der Waals surface area contributed by atoms with Crippen molar-refractivity contribution in [2.24, 2.45) is 0 Å². The first-order chi connectivity index (χ1) is 31.6. The minimum absolute atomic E-state index is 0.0608. The van der Waals surface area contributed by atoms with Gasteiger partial charge in [-0.1, -0.05) is 235 Å². The number of hydrogen-bond acceptors (Lipinski definition) is 5. The molecule has 0 saturated carbocycles. The first kappa shape index (κ1) is 61.3. The van der Waals surface area contributed by atoms with Crippen LogP contribution in [0.4, 0.5) is 0 Å². The van der Waals surface area contributed by atoms with Crippen molar-refractivity contribution in [1.82, 2.24) is 0 Å². The van der Waals surface area contributed by atoms with Crippen LogP contribution in [0.3, 0.4) is 0 Å². The van der Waals surface area contributed by atoms with E-state index in [9.17, 15) is 9.59 Å². The van der Waals surface area contributed by atoms with Crippen LogP contribution in [0.1, 0.15) is 265 Å². The van der Waals surface area contributed by atoms with E-state index in [4.69, 9.17) is 14.2 Å². The zero-order valence-electron chi connectivity index (χ0n) is 42.5. The SMILES string of the molecule is CC/C=C\C/C=C\C/C=C\C/C=C\CCCCC(=O)OC[C@@H](COCCCCCCCCCCCCCCCCCC)OC(=O)CCCCCCCCC/C=C\C/C=C\CCCCC. The minimum atomic E-state index is -0.558. The Bertz CT molecular complexity index is 1150. The zero-order chi connectivity index (χ0) is 46.3. The number of ether oxygens (including phenoxy) is 3. The molecular formula is C59H104O5. The van der Waals surface area contributed by atoms with Gasteiger partial charge in [0.15, 0.2) is 6.10 Å². The third-order valence-corrected chi connectivity index (χ3v) is 11.7. The maximum Gasteiger partial charge on any atom is 0.306 e. The molecule has 0 aromatic heterocycles. The van der Waals surface area contributed by atoms with Crippen LogP contribution in [0.25, 0.3) is 0 Å². The first-order valence-electron chi connectivity index (χ1n) is 27.5. The third kappa shape index (κ3) is 52.0. The van der Waals surface area contributed by atoms with Gasteiger partial charge >= 0.3 is 11.9 Å². The van der Waals surface area contributed by atoms with Crippen LogP contribution < -0.4 is 0 Å². The van der Waals surface area contributed by atoms with Crippen LogP contribution in [0.2, 0.25) is 0 Å². The molecule has 5 nitrogen and oxygen atoms in total. The number of carbonyl (C=O) groups is 2. The number of carbonyl (C=O) groups excluding carboxylic acids is 2. The van der Waals surface area contributed by atoms with E-state index in [1.54, 1.807) is 0 Å². The molecule has 0 saturated heterocycles. The summed E-state index contributed by atoms with van der Waals surface area (Å²) >= 11 is 0. The standard InChI is InChI=1S/C59H104O5/c1-4-7-10-13-16-19-22-25-28-30-32-35-38-41-44-47-50-53-59(61)64-57(55-62-54-51-48-45-42-39-36-33-29-26-23-20-17-14-11-8-5-2)56-63-58(60)52-49-46-43-40-37-34-31-27-24-21-18-15-12-9-6-3/h9,12,16,18-19,21,25,27-28,31,37,40,57H,4-8,10-11,13-15,17,20,22-24,26,29-30,32-36,38-39,41-56H2,1-3H3/b12-9-,19-16-,21-18-,28-25-,31-27-,40-37-/t57-/m1/s1. The fourth-order valence-electron chi connectivity index (χ4n) is 7.65. The second-order valence-corrected chi connectivity index (χ2v) is 18.1. The predicted molar refractivity (Wildman–Crippen MR) is 279 cm³/mol. The first-order valence-corrected chi connectivity index (χ1v) is 27.5. The van der Waals surface area contributed by atoms with Crippen LogP contribution in [0.5, 0.6) is 0 Å². The van der Waals surface area contributed by atoms with Crippen molar-refractivity contribution in [3.63, 3.8) is 0 Å². The molecule has 0 aromatic carbocycles. The van der Waals surface area contributed by atoms with Gasteiger partial charge in [-0.3, -0.25) is 9.59 Å². The maximum absolute atomic E-state index is 12.8. The lowest BCUT2D eigenvalue weighted by Crippen LogP contribution is -2.30. The number of rotatable bonds is 50. The Morgan fingerprint density at radius 1 is 0.359 bits per heavy atom. The molecule has 0 unspecified atom stereocenters. The molecule has 5 heteroatoms. The summed E-state index contributed by atoms with van der Waals surface area (Å²) < 4.78 is 17.4. The van der Waals surface area contributed by atoms with Crippen molar-refractivity contribution in [3.8, 4) is 0 Å². The van der Waals surface area contributed by atoms with Crippen LogP contribution in [0.15, 0.2) is 72.9 Å². The molecule has 370 valence electrons. The highest BCUT2D eigenvalue weighted by Crippen LogP contribution is 2.15. The van der Waals surface area contributed by atoms with Crippen molar-refractivity contribution in [2.75, 3.05) is 19.8 Å². The molecule has 1 atom stereocenters. The number of hydrogen-bond donors (Lipinski definition) is 0. The summed E-state index contributed by atoms with van der Waals surface area (Å²) in [6.45, 7) is 7.67. The number of esters is 2. The highest BCUT2D eigenvalue weighted by Gasteiger charge is 2.17. The Morgan fingerprint density at radius 2 is 0.703 bits per heavy atom. The molecular weight excluding hydrogens is 789 g/mol. The molecule has 0 aliphatic heterocycles. The zero-order valence-corrected chi connectivity index (χ0v) is 42.5. The Balaban J connectivity index is 4.33. The highest BCUT2D eigenvalue weighted by molar-refractivity contribution is 5.70. The monoisotopic (exact) mass is 893 g/mol. The van der Waals surface area contributed by atoms with E-state index >= 15 is 0 Å². The van der Waals surface area contributed by atoms with E-state index in [0.717, 1.165) is 83.5 Å². The minimum Gasteiger partial charge on any atom is -0.462 e. The van der Waals surface area contributed by atoms with Gasteiger partial charge in [-0.25, -0.2) is 0 Å². The quantitative estimate of drug-likeness (QED) is 0.0346. The lowest BCUT2D eigenvalue weighted by Gasteiger charge is -2.18. The Morgan fingerprint density at radius 3 is 1.19 bits per heavy atom.